The molecule has 0 amide bonds. The SMILES string of the molecule is CCCCC/C=C\C/C=C\CCCCCCCCCCCC(=O)OC[C@H](COC(=O)CCCCCCCCCCCCCCCCCCCCCCC)OC(=O)CCCCCCCCCCCCC/C=C\CCCCCCCC. The fourth-order valence-electron chi connectivity index (χ4n) is 10.8. The van der Waals surface area contributed by atoms with Crippen LogP contribution in [0.5, 0.6) is 0 Å². The van der Waals surface area contributed by atoms with Gasteiger partial charge in [-0.25, -0.2) is 0 Å². The molecule has 0 rings (SSSR count). The number of carbonyl (C=O) groups excluding carboxylic acids is 3. The van der Waals surface area contributed by atoms with Crippen LogP contribution in [0.15, 0.2) is 36.5 Å². The Morgan fingerprint density at radius 2 is 0.456 bits per heavy atom. The molecular weight excluding hydrogens is 973 g/mol. The van der Waals surface area contributed by atoms with Gasteiger partial charge in [-0.3, -0.25) is 14.4 Å². The van der Waals surface area contributed by atoms with E-state index in [0.717, 1.165) is 64.2 Å². The van der Waals surface area contributed by atoms with Crippen molar-refractivity contribution in [2.45, 2.75) is 399 Å². The third kappa shape index (κ3) is 66.3. The highest BCUT2D eigenvalue weighted by Gasteiger charge is 2.19. The number of rotatable bonds is 66. The minimum Gasteiger partial charge on any atom is -0.462 e. The first-order valence-electron chi connectivity index (χ1n) is 35.5. The van der Waals surface area contributed by atoms with Gasteiger partial charge in [0, 0.05) is 19.3 Å². The highest BCUT2D eigenvalue weighted by Crippen LogP contribution is 2.18. The predicted molar refractivity (Wildman–Crippen MR) is 344 cm³/mol. The Bertz CT molecular complexity index is 1320. The molecule has 0 saturated heterocycles. The molecule has 0 aliphatic rings. The molecule has 0 saturated carbocycles. The van der Waals surface area contributed by atoms with Crippen molar-refractivity contribution in [1.82, 2.24) is 0 Å². The summed E-state index contributed by atoms with van der Waals surface area (Å²) in [6.45, 7) is 6.69. The Morgan fingerprint density at radius 3 is 0.734 bits per heavy atom. The molecule has 0 spiro atoms. The van der Waals surface area contributed by atoms with Crippen molar-refractivity contribution >= 4 is 17.9 Å². The van der Waals surface area contributed by atoms with E-state index in [9.17, 15) is 14.4 Å². The summed E-state index contributed by atoms with van der Waals surface area (Å²) in [6, 6.07) is 0. The van der Waals surface area contributed by atoms with Gasteiger partial charge in [-0.1, -0.05) is 333 Å². The summed E-state index contributed by atoms with van der Waals surface area (Å²) in [4.78, 5) is 38.5. The van der Waals surface area contributed by atoms with Gasteiger partial charge in [0.2, 0.25) is 0 Å². The summed E-state index contributed by atoms with van der Waals surface area (Å²) in [6.07, 6.45) is 84.5. The molecule has 6 heteroatoms. The van der Waals surface area contributed by atoms with E-state index in [1.165, 1.54) is 289 Å². The van der Waals surface area contributed by atoms with Crippen molar-refractivity contribution in [2.24, 2.45) is 0 Å². The van der Waals surface area contributed by atoms with Crippen molar-refractivity contribution < 1.29 is 28.6 Å². The van der Waals surface area contributed by atoms with Crippen LogP contribution >= 0.6 is 0 Å². The molecule has 464 valence electrons. The van der Waals surface area contributed by atoms with Crippen molar-refractivity contribution in [3.8, 4) is 0 Å². The maximum atomic E-state index is 13.0. The first kappa shape index (κ1) is 76.6. The van der Waals surface area contributed by atoms with Gasteiger partial charge >= 0.3 is 17.9 Å². The van der Waals surface area contributed by atoms with Gasteiger partial charge in [0.1, 0.15) is 13.2 Å². The molecule has 0 bridgehead atoms. The summed E-state index contributed by atoms with van der Waals surface area (Å²) in [5.41, 5.74) is 0. The predicted octanol–water partition coefficient (Wildman–Crippen LogP) is 24.3. The zero-order valence-corrected chi connectivity index (χ0v) is 53.4. The molecule has 1 atom stereocenters. The van der Waals surface area contributed by atoms with Gasteiger partial charge in [0.15, 0.2) is 6.10 Å². The van der Waals surface area contributed by atoms with E-state index >= 15 is 0 Å². The van der Waals surface area contributed by atoms with Crippen LogP contribution in [-0.2, 0) is 28.6 Å². The molecule has 79 heavy (non-hydrogen) atoms. The first-order chi connectivity index (χ1) is 39.0. The van der Waals surface area contributed by atoms with Gasteiger partial charge in [0.05, 0.1) is 0 Å². The molecule has 0 aliphatic carbocycles. The first-order valence-corrected chi connectivity index (χ1v) is 35.5. The molecular formula is C73H136O6. The van der Waals surface area contributed by atoms with Crippen LogP contribution in [0.1, 0.15) is 393 Å². The van der Waals surface area contributed by atoms with Crippen molar-refractivity contribution in [2.75, 3.05) is 13.2 Å². The van der Waals surface area contributed by atoms with Crippen LogP contribution < -0.4 is 0 Å². The van der Waals surface area contributed by atoms with Gasteiger partial charge < -0.3 is 14.2 Å². The topological polar surface area (TPSA) is 78.9 Å². The van der Waals surface area contributed by atoms with Crippen LogP contribution in [0.4, 0.5) is 0 Å². The van der Waals surface area contributed by atoms with Gasteiger partial charge in [-0.2, -0.15) is 0 Å². The third-order valence-corrected chi connectivity index (χ3v) is 16.1. The average Bonchev–Trinajstić information content (AvgIpc) is 3.45. The second kappa shape index (κ2) is 68.1. The number of ether oxygens (including phenoxy) is 3. The third-order valence-electron chi connectivity index (χ3n) is 16.1. The Kier molecular flexibility index (Phi) is 66.1. The molecule has 0 radical (unpaired) electrons. The monoisotopic (exact) mass is 1110 g/mol. The minimum atomic E-state index is -0.773. The fourth-order valence-corrected chi connectivity index (χ4v) is 10.8. The number of hydrogen-bond donors (Lipinski definition) is 0. The molecule has 0 aromatic carbocycles. The van der Waals surface area contributed by atoms with Crippen molar-refractivity contribution in [3.05, 3.63) is 36.5 Å². The molecule has 0 N–H and O–H groups in total. The summed E-state index contributed by atoms with van der Waals surface area (Å²) in [5, 5.41) is 0. The van der Waals surface area contributed by atoms with Crippen molar-refractivity contribution in [1.29, 1.82) is 0 Å². The van der Waals surface area contributed by atoms with Crippen molar-refractivity contribution in [3.63, 3.8) is 0 Å². The minimum absolute atomic E-state index is 0.0684. The van der Waals surface area contributed by atoms with E-state index in [1.54, 1.807) is 0 Å². The van der Waals surface area contributed by atoms with E-state index in [4.69, 9.17) is 14.2 Å². The highest BCUT2D eigenvalue weighted by molar-refractivity contribution is 5.71. The largest absolute Gasteiger partial charge is 0.462 e. The number of unbranched alkanes of at least 4 members (excludes halogenated alkanes) is 49. The van der Waals surface area contributed by atoms with E-state index in [1.807, 2.05) is 0 Å². The normalized spacial score (nSPS) is 12.2. The van der Waals surface area contributed by atoms with Gasteiger partial charge in [-0.15, -0.1) is 0 Å². The lowest BCUT2D eigenvalue weighted by molar-refractivity contribution is -0.167. The van der Waals surface area contributed by atoms with Crippen LogP contribution in [0, 0.1) is 0 Å². The fraction of sp³-hybridized carbons (Fsp3) is 0.877. The summed E-state index contributed by atoms with van der Waals surface area (Å²) in [7, 11) is 0. The van der Waals surface area contributed by atoms with E-state index < -0.39 is 6.10 Å². The smallest absolute Gasteiger partial charge is 0.306 e. The van der Waals surface area contributed by atoms with Crippen LogP contribution in [0.25, 0.3) is 0 Å². The van der Waals surface area contributed by atoms with Gasteiger partial charge in [0.25, 0.3) is 0 Å². The highest BCUT2D eigenvalue weighted by atomic mass is 16.6. The molecule has 0 unspecified atom stereocenters. The number of allylic oxidation sites excluding steroid dienone is 6. The summed E-state index contributed by atoms with van der Waals surface area (Å²) in [5.74, 6) is -0.843. The Morgan fingerprint density at radius 1 is 0.253 bits per heavy atom. The van der Waals surface area contributed by atoms with Crippen LogP contribution in [0.2, 0.25) is 0 Å². The molecule has 0 fully saturated rings. The molecule has 0 aromatic heterocycles. The lowest BCUT2D eigenvalue weighted by Gasteiger charge is -2.18. The lowest BCUT2D eigenvalue weighted by Crippen LogP contribution is -2.30. The zero-order valence-electron chi connectivity index (χ0n) is 53.4. The molecule has 0 aromatic rings. The quantitative estimate of drug-likeness (QED) is 0.0261. The maximum Gasteiger partial charge on any atom is 0.306 e. The van der Waals surface area contributed by atoms with Crippen LogP contribution in [-0.4, -0.2) is 37.2 Å². The van der Waals surface area contributed by atoms with E-state index in [0.29, 0.717) is 19.3 Å². The lowest BCUT2D eigenvalue weighted by atomic mass is 10.0. The number of esters is 3. The Balaban J connectivity index is 4.32. The number of hydrogen-bond acceptors (Lipinski definition) is 6. The summed E-state index contributed by atoms with van der Waals surface area (Å²) < 4.78 is 17.0. The Hall–Kier alpha value is -2.37. The second-order valence-corrected chi connectivity index (χ2v) is 24.1. The average molecular weight is 1110 g/mol. The molecule has 0 aliphatic heterocycles. The maximum absolute atomic E-state index is 13.0. The van der Waals surface area contributed by atoms with E-state index in [2.05, 4.69) is 57.2 Å². The number of carbonyl (C=O) groups is 3. The van der Waals surface area contributed by atoms with Gasteiger partial charge in [-0.05, 0) is 77.0 Å². The summed E-state index contributed by atoms with van der Waals surface area (Å²) >= 11 is 0. The second-order valence-electron chi connectivity index (χ2n) is 24.1. The standard InChI is InChI=1S/C73H136O6/c1-4-7-10-13-16-19-22-25-28-31-34-36-39-42-45-48-51-54-57-60-63-66-72(75)78-69-70(68-77-71(74)65-62-59-56-53-50-47-44-41-38-33-30-27-24-21-18-15-12-9-6-3)79-73(76)67-64-61-58-55-52-49-46-43-40-37-35-32-29-26-23-20-17-14-11-8-5-2/h18,21,26-27,29-30,70H,4-17,19-20,22-25,28,31-69H2,1-3H3/b21-18-,29-26-,30-27-/t70-/m1/s1. The van der Waals surface area contributed by atoms with Crippen LogP contribution in [0.3, 0.4) is 0 Å². The Labute approximate surface area is 493 Å². The zero-order chi connectivity index (χ0) is 57.1. The van der Waals surface area contributed by atoms with E-state index in [-0.39, 0.29) is 31.1 Å². The molecule has 6 nitrogen and oxygen atoms in total. The molecule has 0 heterocycles.